The minimum atomic E-state index is -0.467. The topological polar surface area (TPSA) is 95.1 Å². The number of halogens is 1. The fourth-order valence-corrected chi connectivity index (χ4v) is 4.75. The van der Waals surface area contributed by atoms with E-state index in [0.717, 1.165) is 16.8 Å². The molecule has 34 heavy (non-hydrogen) atoms. The molecule has 3 rings (SSSR count). The molecule has 1 fully saturated rings. The summed E-state index contributed by atoms with van der Waals surface area (Å²) in [6.45, 7) is 6.02. The van der Waals surface area contributed by atoms with Gasteiger partial charge in [0, 0.05) is 0 Å². The Morgan fingerprint density at radius 2 is 1.97 bits per heavy atom. The lowest BCUT2D eigenvalue weighted by molar-refractivity contribution is -0.145. The van der Waals surface area contributed by atoms with Gasteiger partial charge in [-0.2, -0.15) is 0 Å². The summed E-state index contributed by atoms with van der Waals surface area (Å²) in [5.41, 5.74) is 2.26. The second-order valence-corrected chi connectivity index (χ2v) is 9.19. The Morgan fingerprint density at radius 3 is 2.68 bits per heavy atom. The highest BCUT2D eigenvalue weighted by molar-refractivity contribution is 9.10. The number of methoxy groups -OCH3 is 1. The molecule has 1 amide bonds. The first-order valence-corrected chi connectivity index (χ1v) is 12.4. The quantitative estimate of drug-likeness (QED) is 0.324. The lowest BCUT2D eigenvalue weighted by Gasteiger charge is -2.16. The van der Waals surface area contributed by atoms with E-state index in [1.807, 2.05) is 32.0 Å². The summed E-state index contributed by atoms with van der Waals surface area (Å²) in [4.78, 5) is 24.8. The average Bonchev–Trinajstić information content (AvgIpc) is 3.12. The van der Waals surface area contributed by atoms with Gasteiger partial charge in [0.2, 0.25) is 0 Å². The van der Waals surface area contributed by atoms with Gasteiger partial charge in [0.25, 0.3) is 5.91 Å². The van der Waals surface area contributed by atoms with Gasteiger partial charge in [-0.1, -0.05) is 17.8 Å². The number of amides is 1. The minimum absolute atomic E-state index is 0.189. The Morgan fingerprint density at radius 1 is 1.18 bits per heavy atom. The Labute approximate surface area is 211 Å². The first-order chi connectivity index (χ1) is 16.3. The third kappa shape index (κ3) is 6.60. The largest absolute Gasteiger partial charge is 0.495 e. The molecule has 0 spiro atoms. The number of esters is 1. The molecule has 8 nitrogen and oxygen atoms in total. The first kappa shape index (κ1) is 25.8. The zero-order valence-corrected chi connectivity index (χ0v) is 21.8. The molecule has 1 unspecified atom stereocenters. The van der Waals surface area contributed by atoms with Crippen molar-refractivity contribution in [2.45, 2.75) is 26.3 Å². The third-order valence-corrected chi connectivity index (χ3v) is 6.26. The van der Waals surface area contributed by atoms with E-state index in [9.17, 15) is 9.59 Å². The maximum absolute atomic E-state index is 12.6. The summed E-state index contributed by atoms with van der Waals surface area (Å²) in [6.07, 6.45) is 1.78. The Balaban J connectivity index is 1.78. The van der Waals surface area contributed by atoms with Crippen LogP contribution in [0.25, 0.3) is 6.08 Å². The lowest BCUT2D eigenvalue weighted by atomic mass is 10.2. The van der Waals surface area contributed by atoms with Crippen LogP contribution in [0.1, 0.15) is 25.0 Å². The third-order valence-electron chi connectivity index (χ3n) is 4.64. The molecule has 10 heteroatoms. The number of anilines is 1. The van der Waals surface area contributed by atoms with Gasteiger partial charge < -0.3 is 29.6 Å². The molecule has 1 atom stereocenters. The van der Waals surface area contributed by atoms with Crippen LogP contribution in [0.2, 0.25) is 0 Å². The number of aryl methyl sites for hydroxylation is 1. The highest BCUT2D eigenvalue weighted by Crippen LogP contribution is 2.39. The zero-order valence-electron chi connectivity index (χ0n) is 19.4. The van der Waals surface area contributed by atoms with Crippen LogP contribution in [0.5, 0.6) is 17.2 Å². The van der Waals surface area contributed by atoms with Gasteiger partial charge in [-0.25, -0.2) is 4.79 Å². The van der Waals surface area contributed by atoms with E-state index < -0.39 is 5.97 Å². The summed E-state index contributed by atoms with van der Waals surface area (Å²) >= 11 is 4.85. The van der Waals surface area contributed by atoms with Crippen LogP contribution in [0.3, 0.4) is 0 Å². The van der Waals surface area contributed by atoms with E-state index in [2.05, 4.69) is 26.6 Å². The summed E-state index contributed by atoms with van der Waals surface area (Å²) in [7, 11) is 1.61. The summed E-state index contributed by atoms with van der Waals surface area (Å²) in [5, 5.41) is 6.23. The second-order valence-electron chi connectivity index (χ2n) is 7.18. The molecule has 0 aliphatic carbocycles. The van der Waals surface area contributed by atoms with Crippen LogP contribution >= 0.6 is 27.7 Å². The highest BCUT2D eigenvalue weighted by Gasteiger charge is 2.28. The summed E-state index contributed by atoms with van der Waals surface area (Å²) in [5.74, 6) is 0.889. The molecule has 2 aromatic carbocycles. The number of carbonyl (C=O) groups is 2. The summed E-state index contributed by atoms with van der Waals surface area (Å²) < 4.78 is 22.2. The number of hydrogen-bond donors (Lipinski definition) is 2. The summed E-state index contributed by atoms with van der Waals surface area (Å²) in [6, 6.07) is 9.37. The van der Waals surface area contributed by atoms with E-state index in [0.29, 0.717) is 33.2 Å². The normalized spacial score (nSPS) is 16.2. The van der Waals surface area contributed by atoms with Crippen LogP contribution < -0.4 is 24.8 Å². The maximum atomic E-state index is 12.6. The van der Waals surface area contributed by atoms with Crippen molar-refractivity contribution in [1.29, 1.82) is 0 Å². The molecular weight excluding hydrogens is 524 g/mol. The van der Waals surface area contributed by atoms with Crippen molar-refractivity contribution in [3.05, 3.63) is 50.8 Å². The maximum Gasteiger partial charge on any atom is 0.344 e. The molecule has 182 valence electrons. The van der Waals surface area contributed by atoms with Crippen LogP contribution in [0, 0.1) is 6.92 Å². The van der Waals surface area contributed by atoms with Gasteiger partial charge in [-0.3, -0.25) is 4.79 Å². The number of benzene rings is 2. The van der Waals surface area contributed by atoms with Crippen molar-refractivity contribution in [2.24, 2.45) is 0 Å². The monoisotopic (exact) mass is 550 g/mol. The van der Waals surface area contributed by atoms with Crippen molar-refractivity contribution in [3.8, 4) is 17.2 Å². The standard InChI is InChI=1S/C24H27BrN2O6S/c1-5-31-19-11-15(10-16(25)22(19)33-13-21(28)32-6-2)12-20-23(29)27-24(34-20)26-17-9-14(3)7-8-18(17)30-4/h7-12,24,26H,5-6,13H2,1-4H3,(H,27,29)/b20-12-. The van der Waals surface area contributed by atoms with Gasteiger partial charge in [0.15, 0.2) is 23.6 Å². The van der Waals surface area contributed by atoms with Crippen molar-refractivity contribution >= 4 is 51.3 Å². The molecule has 0 bridgehead atoms. The molecule has 2 N–H and O–H groups in total. The minimum Gasteiger partial charge on any atom is -0.495 e. The van der Waals surface area contributed by atoms with Gasteiger partial charge in [-0.05, 0) is 78.2 Å². The van der Waals surface area contributed by atoms with E-state index in [1.54, 1.807) is 32.2 Å². The van der Waals surface area contributed by atoms with E-state index >= 15 is 0 Å². The SMILES string of the molecule is CCOC(=O)COc1c(Br)cc(/C=C2\SC(Nc3cc(C)ccc3OC)NC2=O)cc1OCC. The highest BCUT2D eigenvalue weighted by atomic mass is 79.9. The Kier molecular flexibility index (Phi) is 9.12. The number of thioether (sulfide) groups is 1. The zero-order chi connectivity index (χ0) is 24.7. The second kappa shape index (κ2) is 12.0. The molecule has 1 aliphatic heterocycles. The van der Waals surface area contributed by atoms with Crippen LogP contribution in [0.15, 0.2) is 39.7 Å². The van der Waals surface area contributed by atoms with Crippen molar-refractivity contribution in [2.75, 3.05) is 32.2 Å². The smallest absolute Gasteiger partial charge is 0.344 e. The number of hydrogen-bond acceptors (Lipinski definition) is 8. The molecule has 1 heterocycles. The molecule has 2 aromatic rings. The Hall–Kier alpha value is -2.85. The molecule has 1 aliphatic rings. The molecule has 1 saturated heterocycles. The number of ether oxygens (including phenoxy) is 4. The van der Waals surface area contributed by atoms with Gasteiger partial charge in [0.05, 0.1) is 35.4 Å². The molecule has 0 radical (unpaired) electrons. The van der Waals surface area contributed by atoms with Crippen molar-refractivity contribution in [3.63, 3.8) is 0 Å². The fourth-order valence-electron chi connectivity index (χ4n) is 3.20. The van der Waals surface area contributed by atoms with Crippen molar-refractivity contribution in [1.82, 2.24) is 5.32 Å². The lowest BCUT2D eigenvalue weighted by Crippen LogP contribution is -2.31. The van der Waals surface area contributed by atoms with Crippen LogP contribution in [0.4, 0.5) is 5.69 Å². The molecule has 0 aromatic heterocycles. The predicted molar refractivity (Wildman–Crippen MR) is 136 cm³/mol. The van der Waals surface area contributed by atoms with Crippen LogP contribution in [-0.4, -0.2) is 44.3 Å². The van der Waals surface area contributed by atoms with E-state index in [-0.39, 0.29) is 24.6 Å². The average molecular weight is 551 g/mol. The first-order valence-electron chi connectivity index (χ1n) is 10.7. The number of rotatable bonds is 10. The predicted octanol–water partition coefficient (Wildman–Crippen LogP) is 4.71. The van der Waals surface area contributed by atoms with E-state index in [4.69, 9.17) is 18.9 Å². The molecular formula is C24H27BrN2O6S. The number of carbonyl (C=O) groups excluding carboxylic acids is 2. The van der Waals surface area contributed by atoms with E-state index in [1.165, 1.54) is 11.8 Å². The van der Waals surface area contributed by atoms with Gasteiger partial charge >= 0.3 is 5.97 Å². The van der Waals surface area contributed by atoms with Gasteiger partial charge in [0.1, 0.15) is 5.75 Å². The van der Waals surface area contributed by atoms with Gasteiger partial charge in [-0.15, -0.1) is 0 Å². The Bertz CT molecular complexity index is 1090. The molecule has 0 saturated carbocycles. The fraction of sp³-hybridized carbons (Fsp3) is 0.333. The van der Waals surface area contributed by atoms with Crippen molar-refractivity contribution < 1.29 is 28.5 Å². The number of nitrogens with one attached hydrogen (secondary N) is 2. The van der Waals surface area contributed by atoms with Crippen LogP contribution in [-0.2, 0) is 14.3 Å².